The Morgan fingerprint density at radius 3 is 2.66 bits per heavy atom. The third kappa shape index (κ3) is 4.19. The van der Waals surface area contributed by atoms with Gasteiger partial charge in [0.2, 0.25) is 4.91 Å². The van der Waals surface area contributed by atoms with Crippen molar-refractivity contribution in [3.05, 3.63) is 39.7 Å². The van der Waals surface area contributed by atoms with E-state index >= 15 is 0 Å². The lowest BCUT2D eigenvalue weighted by atomic mass is 9.99. The average molecular weight is 460 g/mol. The van der Waals surface area contributed by atoms with Crippen LogP contribution in [0.3, 0.4) is 0 Å². The van der Waals surface area contributed by atoms with Gasteiger partial charge in [0, 0.05) is 36.2 Å². The Hall–Kier alpha value is -3.00. The monoisotopic (exact) mass is 459 g/mol. The molecule has 0 unspecified atom stereocenters. The topological polar surface area (TPSA) is 120 Å². The molecule has 0 spiro atoms. The predicted molar refractivity (Wildman–Crippen MR) is 122 cm³/mol. The number of rotatable bonds is 9. The zero-order chi connectivity index (χ0) is 23.4. The van der Waals surface area contributed by atoms with Crippen molar-refractivity contribution >= 4 is 28.5 Å². The molecule has 0 aliphatic rings. The van der Waals surface area contributed by atoms with Gasteiger partial charge in [0.25, 0.3) is 0 Å². The van der Waals surface area contributed by atoms with Crippen LogP contribution in [0.25, 0.3) is 22.2 Å². The minimum Gasteiger partial charge on any atom is -0.464 e. The minimum atomic E-state index is -0.430. The fraction of sp³-hybridized carbons (Fsp3) is 0.455. The predicted octanol–water partition coefficient (Wildman–Crippen LogP) is 4.19. The molecule has 2 heterocycles. The number of methoxy groups -OCH3 is 1. The summed E-state index contributed by atoms with van der Waals surface area (Å²) in [6.45, 7) is 7.35. The number of carbonyl (C=O) groups excluding carboxylic acids is 1. The van der Waals surface area contributed by atoms with Gasteiger partial charge in [0.15, 0.2) is 0 Å². The molecule has 0 saturated heterocycles. The summed E-state index contributed by atoms with van der Waals surface area (Å²) in [5.74, 6) is -0.430. The van der Waals surface area contributed by atoms with E-state index in [0.29, 0.717) is 43.2 Å². The van der Waals surface area contributed by atoms with E-state index in [2.05, 4.69) is 10.0 Å². The summed E-state index contributed by atoms with van der Waals surface area (Å²) in [7, 11) is 1.36. The van der Waals surface area contributed by atoms with Crippen molar-refractivity contribution in [3.63, 3.8) is 0 Å². The number of nitrogens with zero attached hydrogens (tertiary/aromatic N) is 5. The zero-order valence-electron chi connectivity index (χ0n) is 18.8. The SMILES string of the molecule is COC(=O)c1c(C)c2c(-c3c(C)c(C)nn3CCCN=[N+]=N)c(Cl)ccc2n1CCCO. The maximum atomic E-state index is 12.7. The first-order valence-corrected chi connectivity index (χ1v) is 10.8. The van der Waals surface area contributed by atoms with E-state index in [9.17, 15) is 9.90 Å². The highest BCUT2D eigenvalue weighted by Gasteiger charge is 2.27. The Morgan fingerprint density at radius 2 is 2.00 bits per heavy atom. The van der Waals surface area contributed by atoms with Crippen LogP contribution in [0.15, 0.2) is 17.2 Å². The summed E-state index contributed by atoms with van der Waals surface area (Å²) in [6.07, 6.45) is 1.18. The standard InChI is InChI=1S/C22H28ClN6O3/c1-13-15(3)26-29(11-5-9-25-27-24)20(13)19-16(23)7-8-17-18(19)14(2)21(22(31)32-4)28(17)10-6-12-30/h7-8,24,30H,5-6,9-12H2,1-4H3/q+1. The Labute approximate surface area is 191 Å². The molecule has 0 bridgehead atoms. The van der Waals surface area contributed by atoms with Gasteiger partial charge >= 0.3 is 5.97 Å². The first-order chi connectivity index (χ1) is 15.4. The highest BCUT2D eigenvalue weighted by atomic mass is 35.5. The number of nitrogens with one attached hydrogen (secondary N) is 1. The number of aliphatic hydroxyl groups excluding tert-OH is 1. The van der Waals surface area contributed by atoms with Crippen LogP contribution in [0.4, 0.5) is 0 Å². The second kappa shape index (κ2) is 10.1. The summed E-state index contributed by atoms with van der Waals surface area (Å²) in [4.78, 5) is 15.7. The van der Waals surface area contributed by atoms with E-state index < -0.39 is 5.97 Å². The van der Waals surface area contributed by atoms with Gasteiger partial charge in [-0.25, -0.2) is 4.79 Å². The number of esters is 1. The van der Waals surface area contributed by atoms with E-state index in [0.717, 1.165) is 39.0 Å². The van der Waals surface area contributed by atoms with Gasteiger partial charge in [-0.1, -0.05) is 11.6 Å². The van der Waals surface area contributed by atoms with Crippen LogP contribution in [0.5, 0.6) is 0 Å². The first kappa shape index (κ1) is 23.7. The molecule has 32 heavy (non-hydrogen) atoms. The van der Waals surface area contributed by atoms with E-state index in [-0.39, 0.29) is 6.61 Å². The number of halogens is 1. The third-order valence-corrected chi connectivity index (χ3v) is 6.02. The third-order valence-electron chi connectivity index (χ3n) is 5.70. The lowest BCUT2D eigenvalue weighted by Gasteiger charge is -2.13. The molecule has 0 radical (unpaired) electrons. The molecule has 1 aromatic carbocycles. The van der Waals surface area contributed by atoms with Crippen LogP contribution >= 0.6 is 11.6 Å². The van der Waals surface area contributed by atoms with Crippen LogP contribution in [-0.2, 0) is 17.8 Å². The number of carbonyl (C=O) groups is 1. The quantitative estimate of drug-likeness (QED) is 0.215. The Kier molecular flexibility index (Phi) is 7.45. The van der Waals surface area contributed by atoms with Gasteiger partial charge in [0.05, 0.1) is 23.5 Å². The second-order valence-electron chi connectivity index (χ2n) is 7.61. The van der Waals surface area contributed by atoms with Crippen molar-refractivity contribution < 1.29 is 14.6 Å². The van der Waals surface area contributed by atoms with Crippen LogP contribution in [0, 0.1) is 26.3 Å². The number of hydrogen-bond acceptors (Lipinski definition) is 6. The van der Waals surface area contributed by atoms with E-state index in [1.165, 1.54) is 7.11 Å². The molecule has 0 amide bonds. The van der Waals surface area contributed by atoms with Gasteiger partial charge in [-0.05, 0) is 56.9 Å². The molecular formula is C22H28ClN6O3+. The number of benzene rings is 1. The maximum absolute atomic E-state index is 12.7. The molecule has 0 aliphatic carbocycles. The molecule has 2 aromatic heterocycles. The minimum absolute atomic E-state index is 0.0144. The number of hydrogen-bond donors (Lipinski definition) is 2. The lowest BCUT2D eigenvalue weighted by molar-refractivity contribution is 0.0587. The molecule has 9 nitrogen and oxygen atoms in total. The molecule has 10 heteroatoms. The number of aliphatic hydroxyl groups is 1. The molecule has 0 aliphatic heterocycles. The molecule has 170 valence electrons. The van der Waals surface area contributed by atoms with Crippen molar-refractivity contribution in [1.29, 1.82) is 5.53 Å². The fourth-order valence-corrected chi connectivity index (χ4v) is 4.40. The Morgan fingerprint density at radius 1 is 1.25 bits per heavy atom. The summed E-state index contributed by atoms with van der Waals surface area (Å²) in [5, 5.41) is 19.2. The van der Waals surface area contributed by atoms with Crippen molar-refractivity contribution in [3.8, 4) is 11.3 Å². The first-order valence-electron chi connectivity index (χ1n) is 10.4. The molecule has 3 rings (SSSR count). The van der Waals surface area contributed by atoms with Gasteiger partial charge < -0.3 is 14.4 Å². The van der Waals surface area contributed by atoms with Crippen LogP contribution in [-0.4, -0.2) is 45.7 Å². The molecular weight excluding hydrogens is 432 g/mol. The van der Waals surface area contributed by atoms with Gasteiger partial charge in [-0.3, -0.25) is 4.68 Å². The number of aryl methyl sites for hydroxylation is 4. The smallest absolute Gasteiger partial charge is 0.354 e. The molecule has 0 saturated carbocycles. The number of aromatic nitrogens is 3. The summed E-state index contributed by atoms with van der Waals surface area (Å²) >= 11 is 6.76. The van der Waals surface area contributed by atoms with Gasteiger partial charge in [-0.15, -0.1) is 0 Å². The summed E-state index contributed by atoms with van der Waals surface area (Å²) in [6, 6.07) is 3.73. The van der Waals surface area contributed by atoms with Crippen LogP contribution in [0.2, 0.25) is 5.02 Å². The highest BCUT2D eigenvalue weighted by molar-refractivity contribution is 6.35. The van der Waals surface area contributed by atoms with E-state index in [1.54, 1.807) is 0 Å². The molecule has 0 atom stereocenters. The van der Waals surface area contributed by atoms with E-state index in [1.807, 2.05) is 42.2 Å². The van der Waals surface area contributed by atoms with Crippen LogP contribution < -0.4 is 4.91 Å². The van der Waals surface area contributed by atoms with Crippen molar-refractivity contribution in [2.75, 3.05) is 20.3 Å². The normalized spacial score (nSPS) is 11.1. The highest BCUT2D eigenvalue weighted by Crippen LogP contribution is 2.41. The molecule has 0 fully saturated rings. The Bertz CT molecular complexity index is 1210. The average Bonchev–Trinajstić information content (AvgIpc) is 3.22. The Balaban J connectivity index is 2.31. The second-order valence-corrected chi connectivity index (χ2v) is 8.02. The van der Waals surface area contributed by atoms with Crippen molar-refractivity contribution in [2.45, 2.75) is 46.7 Å². The van der Waals surface area contributed by atoms with Crippen molar-refractivity contribution in [1.82, 2.24) is 19.3 Å². The summed E-state index contributed by atoms with van der Waals surface area (Å²) in [5.41, 5.74) is 12.5. The van der Waals surface area contributed by atoms with Crippen molar-refractivity contribution in [2.24, 2.45) is 5.11 Å². The van der Waals surface area contributed by atoms with Gasteiger partial charge in [-0.2, -0.15) is 5.10 Å². The lowest BCUT2D eigenvalue weighted by Crippen LogP contribution is -2.12. The number of ether oxygens (including phenoxy) is 1. The van der Waals surface area contributed by atoms with Crippen LogP contribution in [0.1, 0.15) is 40.2 Å². The van der Waals surface area contributed by atoms with E-state index in [4.69, 9.17) is 27.0 Å². The largest absolute Gasteiger partial charge is 0.464 e. The maximum Gasteiger partial charge on any atom is 0.354 e. The molecule has 3 aromatic rings. The zero-order valence-corrected chi connectivity index (χ0v) is 19.5. The summed E-state index contributed by atoms with van der Waals surface area (Å²) < 4.78 is 8.87. The fourth-order valence-electron chi connectivity index (χ4n) is 4.16. The van der Waals surface area contributed by atoms with Gasteiger partial charge in [0.1, 0.15) is 22.9 Å². The number of fused-ring (bicyclic) bond motifs is 1. The molecule has 2 N–H and O–H groups in total.